The van der Waals surface area contributed by atoms with Gasteiger partial charge in [0.2, 0.25) is 0 Å². The molecule has 2 nitrogen and oxygen atoms in total. The molecule has 1 heterocycles. The van der Waals surface area contributed by atoms with E-state index in [0.717, 1.165) is 5.69 Å². The maximum atomic E-state index is 11.6. The van der Waals surface area contributed by atoms with Crippen LogP contribution in [0, 0.1) is 0 Å². The minimum Gasteiger partial charge on any atom is -0.299 e. The molecule has 0 radical (unpaired) electrons. The van der Waals surface area contributed by atoms with E-state index in [-0.39, 0.29) is 5.78 Å². The van der Waals surface area contributed by atoms with Crippen LogP contribution in [0.15, 0.2) is 24.4 Å². The van der Waals surface area contributed by atoms with Crippen LogP contribution in [0.25, 0.3) is 0 Å². The van der Waals surface area contributed by atoms with Gasteiger partial charge in [-0.2, -0.15) is 0 Å². The molecule has 0 aliphatic rings. The molecule has 0 N–H and O–H groups in total. The third-order valence-corrected chi connectivity index (χ3v) is 2.32. The average molecular weight is 177 g/mol. The van der Waals surface area contributed by atoms with E-state index in [4.69, 9.17) is 0 Å². The Bertz CT molecular complexity index is 290. The predicted octanol–water partition coefficient (Wildman–Crippen LogP) is 2.34. The minimum absolute atomic E-state index is 0.228. The number of Topliss-reactive ketones (excluding diaryl/α,β-unsaturated/α-hetero) is 1. The number of hydrogen-bond acceptors (Lipinski definition) is 2. The third-order valence-electron chi connectivity index (χ3n) is 2.32. The van der Waals surface area contributed by atoms with Crippen molar-refractivity contribution in [1.29, 1.82) is 0 Å². The molecule has 2 heteroatoms. The summed E-state index contributed by atoms with van der Waals surface area (Å²) in [5.41, 5.74) is 0.401. The second-order valence-corrected chi connectivity index (χ2v) is 3.62. The molecule has 0 aliphatic heterocycles. The van der Waals surface area contributed by atoms with E-state index >= 15 is 0 Å². The highest BCUT2D eigenvalue weighted by Gasteiger charge is 2.28. The molecular formula is C11H15NO. The average Bonchev–Trinajstić information content (AvgIpc) is 2.18. The highest BCUT2D eigenvalue weighted by Crippen LogP contribution is 2.22. The van der Waals surface area contributed by atoms with Gasteiger partial charge in [-0.1, -0.05) is 13.0 Å². The van der Waals surface area contributed by atoms with Crippen LogP contribution in [0.5, 0.6) is 0 Å². The van der Waals surface area contributed by atoms with E-state index in [1.165, 1.54) is 0 Å². The fourth-order valence-corrected chi connectivity index (χ4v) is 1.32. The lowest BCUT2D eigenvalue weighted by Crippen LogP contribution is -2.29. The van der Waals surface area contributed by atoms with Crippen molar-refractivity contribution < 1.29 is 4.79 Å². The SMILES string of the molecule is CCC(=O)C(C)(C)c1ccccn1. The quantitative estimate of drug-likeness (QED) is 0.709. The maximum Gasteiger partial charge on any atom is 0.144 e. The van der Waals surface area contributed by atoms with Gasteiger partial charge in [-0.3, -0.25) is 9.78 Å². The molecule has 0 saturated carbocycles. The Labute approximate surface area is 79.0 Å². The molecule has 0 bridgehead atoms. The van der Waals surface area contributed by atoms with Crippen LogP contribution in [-0.4, -0.2) is 10.8 Å². The first-order valence-electron chi connectivity index (χ1n) is 4.54. The zero-order chi connectivity index (χ0) is 9.90. The van der Waals surface area contributed by atoms with Gasteiger partial charge in [-0.05, 0) is 26.0 Å². The lowest BCUT2D eigenvalue weighted by molar-refractivity contribution is -0.123. The van der Waals surface area contributed by atoms with E-state index in [0.29, 0.717) is 6.42 Å². The van der Waals surface area contributed by atoms with Gasteiger partial charge < -0.3 is 0 Å². The van der Waals surface area contributed by atoms with Crippen molar-refractivity contribution >= 4 is 5.78 Å². The molecule has 0 atom stereocenters. The zero-order valence-corrected chi connectivity index (χ0v) is 8.37. The van der Waals surface area contributed by atoms with Gasteiger partial charge in [0.1, 0.15) is 5.78 Å². The van der Waals surface area contributed by atoms with Crippen molar-refractivity contribution in [3.8, 4) is 0 Å². The van der Waals surface area contributed by atoms with Crippen molar-refractivity contribution in [1.82, 2.24) is 4.98 Å². The molecule has 0 amide bonds. The number of carbonyl (C=O) groups is 1. The number of hydrogen-bond donors (Lipinski definition) is 0. The number of rotatable bonds is 3. The van der Waals surface area contributed by atoms with Crippen molar-refractivity contribution in [3.05, 3.63) is 30.1 Å². The Morgan fingerprint density at radius 3 is 2.62 bits per heavy atom. The van der Waals surface area contributed by atoms with E-state index in [9.17, 15) is 4.79 Å². The molecule has 0 aromatic carbocycles. The fourth-order valence-electron chi connectivity index (χ4n) is 1.32. The van der Waals surface area contributed by atoms with Crippen molar-refractivity contribution in [3.63, 3.8) is 0 Å². The highest BCUT2D eigenvalue weighted by molar-refractivity contribution is 5.88. The maximum absolute atomic E-state index is 11.6. The van der Waals surface area contributed by atoms with Crippen LogP contribution in [0.4, 0.5) is 0 Å². The van der Waals surface area contributed by atoms with Gasteiger partial charge in [-0.15, -0.1) is 0 Å². The van der Waals surface area contributed by atoms with Crippen molar-refractivity contribution in [2.24, 2.45) is 0 Å². The van der Waals surface area contributed by atoms with Gasteiger partial charge in [0.15, 0.2) is 0 Å². The molecule has 13 heavy (non-hydrogen) atoms. The van der Waals surface area contributed by atoms with Gasteiger partial charge in [0, 0.05) is 12.6 Å². The topological polar surface area (TPSA) is 30.0 Å². The Balaban J connectivity index is 3.00. The summed E-state index contributed by atoms with van der Waals surface area (Å²) in [6.45, 7) is 5.72. The summed E-state index contributed by atoms with van der Waals surface area (Å²) in [7, 11) is 0. The molecule has 0 spiro atoms. The smallest absolute Gasteiger partial charge is 0.144 e. The Morgan fingerprint density at radius 2 is 2.15 bits per heavy atom. The van der Waals surface area contributed by atoms with Crippen molar-refractivity contribution in [2.45, 2.75) is 32.6 Å². The van der Waals surface area contributed by atoms with Crippen LogP contribution in [-0.2, 0) is 10.2 Å². The molecule has 0 unspecified atom stereocenters. The molecule has 0 saturated heterocycles. The van der Waals surface area contributed by atoms with Crippen molar-refractivity contribution in [2.75, 3.05) is 0 Å². The summed E-state index contributed by atoms with van der Waals surface area (Å²) < 4.78 is 0. The Hall–Kier alpha value is -1.18. The van der Waals surface area contributed by atoms with Gasteiger partial charge >= 0.3 is 0 Å². The molecule has 0 aliphatic carbocycles. The normalized spacial score (nSPS) is 11.3. The number of ketones is 1. The molecule has 1 rings (SSSR count). The molecule has 1 aromatic rings. The van der Waals surface area contributed by atoms with E-state index in [1.54, 1.807) is 6.20 Å². The van der Waals surface area contributed by atoms with Crippen LogP contribution in [0.3, 0.4) is 0 Å². The summed E-state index contributed by atoms with van der Waals surface area (Å²) in [5.74, 6) is 0.228. The first-order chi connectivity index (χ1) is 6.09. The summed E-state index contributed by atoms with van der Waals surface area (Å²) in [5, 5.41) is 0. The standard InChI is InChI=1S/C11H15NO/c1-4-10(13)11(2,3)9-7-5-6-8-12-9/h5-8H,4H2,1-3H3. The highest BCUT2D eigenvalue weighted by atomic mass is 16.1. The Kier molecular flexibility index (Phi) is 2.81. The van der Waals surface area contributed by atoms with Crippen LogP contribution in [0.1, 0.15) is 32.9 Å². The zero-order valence-electron chi connectivity index (χ0n) is 8.37. The Morgan fingerprint density at radius 1 is 1.46 bits per heavy atom. The van der Waals surface area contributed by atoms with Crippen LogP contribution in [0.2, 0.25) is 0 Å². The second-order valence-electron chi connectivity index (χ2n) is 3.62. The number of pyridine rings is 1. The summed E-state index contributed by atoms with van der Waals surface area (Å²) in [6.07, 6.45) is 2.28. The predicted molar refractivity (Wildman–Crippen MR) is 52.6 cm³/mol. The lowest BCUT2D eigenvalue weighted by Gasteiger charge is -2.21. The first kappa shape index (κ1) is 9.90. The van der Waals surface area contributed by atoms with E-state index < -0.39 is 5.41 Å². The van der Waals surface area contributed by atoms with Gasteiger partial charge in [0.05, 0.1) is 11.1 Å². The number of carbonyl (C=O) groups excluding carboxylic acids is 1. The summed E-state index contributed by atoms with van der Waals surface area (Å²) >= 11 is 0. The van der Waals surface area contributed by atoms with E-state index in [1.807, 2.05) is 39.0 Å². The summed E-state index contributed by atoms with van der Waals surface area (Å²) in [6, 6.07) is 5.66. The molecule has 1 aromatic heterocycles. The van der Waals surface area contributed by atoms with Gasteiger partial charge in [0.25, 0.3) is 0 Å². The molecule has 0 fully saturated rings. The van der Waals surface area contributed by atoms with Gasteiger partial charge in [-0.25, -0.2) is 0 Å². The first-order valence-corrected chi connectivity index (χ1v) is 4.54. The molecule has 70 valence electrons. The number of nitrogens with zero attached hydrogens (tertiary/aromatic N) is 1. The summed E-state index contributed by atoms with van der Waals surface area (Å²) in [4.78, 5) is 15.8. The molecular weight excluding hydrogens is 162 g/mol. The van der Waals surface area contributed by atoms with E-state index in [2.05, 4.69) is 4.98 Å². The monoisotopic (exact) mass is 177 g/mol. The van der Waals surface area contributed by atoms with Crippen LogP contribution < -0.4 is 0 Å². The minimum atomic E-state index is -0.448. The fraction of sp³-hybridized carbons (Fsp3) is 0.455. The second kappa shape index (κ2) is 3.69. The number of aromatic nitrogens is 1. The largest absolute Gasteiger partial charge is 0.299 e. The lowest BCUT2D eigenvalue weighted by atomic mass is 9.83. The third kappa shape index (κ3) is 1.94. The van der Waals surface area contributed by atoms with Crippen LogP contribution >= 0.6 is 0 Å².